The van der Waals surface area contributed by atoms with E-state index in [4.69, 9.17) is 0 Å². The fraction of sp³-hybridized carbons (Fsp3) is 0.909. The highest BCUT2D eigenvalue weighted by molar-refractivity contribution is 7.92. The highest BCUT2D eigenvalue weighted by atomic mass is 32.2. The molecule has 1 aliphatic rings. The summed E-state index contributed by atoms with van der Waals surface area (Å²) in [5, 5.41) is 5.03. The van der Waals surface area contributed by atoms with Crippen LogP contribution in [0.3, 0.4) is 0 Å². The van der Waals surface area contributed by atoms with Crippen LogP contribution >= 0.6 is 0 Å². The SMILES string of the molecule is CC(C(=O)NCCC1CCNCC1)S(C)(=O)=O. The number of carbonyl (C=O) groups is 1. The van der Waals surface area contributed by atoms with Gasteiger partial charge in [-0.25, -0.2) is 8.42 Å². The normalized spacial score (nSPS) is 19.9. The fourth-order valence-electron chi connectivity index (χ4n) is 1.91. The Morgan fingerprint density at radius 3 is 2.53 bits per heavy atom. The smallest absolute Gasteiger partial charge is 0.238 e. The van der Waals surface area contributed by atoms with Gasteiger partial charge in [0, 0.05) is 12.8 Å². The molecule has 1 heterocycles. The van der Waals surface area contributed by atoms with Gasteiger partial charge in [-0.3, -0.25) is 4.79 Å². The first-order valence-corrected chi connectivity index (χ1v) is 8.04. The summed E-state index contributed by atoms with van der Waals surface area (Å²) in [7, 11) is -3.28. The number of nitrogens with one attached hydrogen (secondary N) is 2. The van der Waals surface area contributed by atoms with E-state index in [-0.39, 0.29) is 5.91 Å². The summed E-state index contributed by atoms with van der Waals surface area (Å²) in [6.07, 6.45) is 4.29. The number of rotatable bonds is 5. The molecular weight excluding hydrogens is 240 g/mol. The van der Waals surface area contributed by atoms with E-state index in [0.29, 0.717) is 12.5 Å². The fourth-order valence-corrected chi connectivity index (χ4v) is 2.38. The molecule has 0 aromatic carbocycles. The molecule has 0 bridgehead atoms. The molecule has 1 amide bonds. The van der Waals surface area contributed by atoms with Crippen LogP contribution in [0.15, 0.2) is 0 Å². The van der Waals surface area contributed by atoms with Gasteiger partial charge in [-0.1, -0.05) is 0 Å². The maximum Gasteiger partial charge on any atom is 0.238 e. The molecule has 0 radical (unpaired) electrons. The lowest BCUT2D eigenvalue weighted by atomic mass is 9.95. The average molecular weight is 262 g/mol. The van der Waals surface area contributed by atoms with Crippen molar-refractivity contribution in [1.29, 1.82) is 0 Å². The molecule has 1 saturated heterocycles. The van der Waals surface area contributed by atoms with E-state index in [1.54, 1.807) is 0 Å². The molecule has 1 rings (SSSR count). The second-order valence-electron chi connectivity index (χ2n) is 4.74. The van der Waals surface area contributed by atoms with Gasteiger partial charge in [0.25, 0.3) is 0 Å². The van der Waals surface area contributed by atoms with Crippen molar-refractivity contribution in [2.45, 2.75) is 31.4 Å². The third kappa shape index (κ3) is 5.04. The quantitative estimate of drug-likeness (QED) is 0.727. The monoisotopic (exact) mass is 262 g/mol. The van der Waals surface area contributed by atoms with Crippen molar-refractivity contribution in [1.82, 2.24) is 10.6 Å². The molecule has 0 spiro atoms. The van der Waals surface area contributed by atoms with Gasteiger partial charge >= 0.3 is 0 Å². The van der Waals surface area contributed by atoms with Gasteiger partial charge in [0.1, 0.15) is 5.25 Å². The summed E-state index contributed by atoms with van der Waals surface area (Å²) < 4.78 is 22.3. The van der Waals surface area contributed by atoms with Crippen molar-refractivity contribution in [2.24, 2.45) is 5.92 Å². The van der Waals surface area contributed by atoms with Crippen molar-refractivity contribution in [3.63, 3.8) is 0 Å². The lowest BCUT2D eigenvalue weighted by molar-refractivity contribution is -0.120. The largest absolute Gasteiger partial charge is 0.355 e. The highest BCUT2D eigenvalue weighted by Gasteiger charge is 2.23. The number of carbonyl (C=O) groups excluding carboxylic acids is 1. The molecule has 1 unspecified atom stereocenters. The molecule has 100 valence electrons. The van der Waals surface area contributed by atoms with E-state index < -0.39 is 15.1 Å². The number of sulfone groups is 1. The van der Waals surface area contributed by atoms with E-state index in [2.05, 4.69) is 10.6 Å². The number of hydrogen-bond donors (Lipinski definition) is 2. The second kappa shape index (κ2) is 6.35. The molecule has 1 atom stereocenters. The van der Waals surface area contributed by atoms with Gasteiger partial charge in [0.05, 0.1) is 0 Å². The minimum atomic E-state index is -3.28. The van der Waals surface area contributed by atoms with E-state index >= 15 is 0 Å². The van der Waals surface area contributed by atoms with Crippen molar-refractivity contribution >= 4 is 15.7 Å². The van der Waals surface area contributed by atoms with E-state index in [1.165, 1.54) is 6.92 Å². The Hall–Kier alpha value is -0.620. The van der Waals surface area contributed by atoms with Gasteiger partial charge in [0.15, 0.2) is 9.84 Å². The lowest BCUT2D eigenvalue weighted by Gasteiger charge is -2.22. The zero-order valence-electron chi connectivity index (χ0n) is 10.5. The Morgan fingerprint density at radius 1 is 1.41 bits per heavy atom. The van der Waals surface area contributed by atoms with Gasteiger partial charge in [-0.05, 0) is 45.2 Å². The zero-order chi connectivity index (χ0) is 12.9. The van der Waals surface area contributed by atoms with Crippen LogP contribution in [-0.4, -0.2) is 45.5 Å². The average Bonchev–Trinajstić information content (AvgIpc) is 2.28. The summed E-state index contributed by atoms with van der Waals surface area (Å²) in [4.78, 5) is 11.5. The molecule has 6 heteroatoms. The molecule has 0 aromatic heterocycles. The van der Waals surface area contributed by atoms with Crippen LogP contribution in [-0.2, 0) is 14.6 Å². The van der Waals surface area contributed by atoms with Crippen molar-refractivity contribution in [3.05, 3.63) is 0 Å². The van der Waals surface area contributed by atoms with Gasteiger partial charge in [0.2, 0.25) is 5.91 Å². The number of piperidine rings is 1. The Morgan fingerprint density at radius 2 is 2.00 bits per heavy atom. The summed E-state index contributed by atoms with van der Waals surface area (Å²) in [5.74, 6) is 0.256. The van der Waals surface area contributed by atoms with Crippen molar-refractivity contribution in [2.75, 3.05) is 25.9 Å². The van der Waals surface area contributed by atoms with Crippen LogP contribution in [0, 0.1) is 5.92 Å². The third-order valence-electron chi connectivity index (χ3n) is 3.32. The molecule has 5 nitrogen and oxygen atoms in total. The van der Waals surface area contributed by atoms with Gasteiger partial charge in [-0.2, -0.15) is 0 Å². The van der Waals surface area contributed by atoms with Crippen LogP contribution in [0.1, 0.15) is 26.2 Å². The molecule has 0 saturated carbocycles. The van der Waals surface area contributed by atoms with Crippen LogP contribution in [0.2, 0.25) is 0 Å². The van der Waals surface area contributed by atoms with E-state index in [1.807, 2.05) is 0 Å². The van der Waals surface area contributed by atoms with Crippen LogP contribution in [0.5, 0.6) is 0 Å². The highest BCUT2D eigenvalue weighted by Crippen LogP contribution is 2.14. The standard InChI is InChI=1S/C11H22N2O3S/c1-9(17(2,15)16)11(14)13-8-5-10-3-6-12-7-4-10/h9-10,12H,3-8H2,1-2H3,(H,13,14). The maximum atomic E-state index is 11.5. The van der Waals surface area contributed by atoms with Crippen molar-refractivity contribution in [3.8, 4) is 0 Å². The topological polar surface area (TPSA) is 75.3 Å². The Kier molecular flexibility index (Phi) is 5.39. The number of amides is 1. The first-order chi connectivity index (χ1) is 7.91. The second-order valence-corrected chi connectivity index (χ2v) is 7.11. The Bertz CT molecular complexity index is 348. The first kappa shape index (κ1) is 14.4. The Balaban J connectivity index is 2.24. The summed E-state index contributed by atoms with van der Waals surface area (Å²) in [6, 6.07) is 0. The van der Waals surface area contributed by atoms with E-state index in [0.717, 1.165) is 38.6 Å². The van der Waals surface area contributed by atoms with Gasteiger partial charge < -0.3 is 10.6 Å². The molecular formula is C11H22N2O3S. The molecule has 17 heavy (non-hydrogen) atoms. The van der Waals surface area contributed by atoms with Crippen molar-refractivity contribution < 1.29 is 13.2 Å². The van der Waals surface area contributed by atoms with Crippen LogP contribution < -0.4 is 10.6 Å². The maximum absolute atomic E-state index is 11.5. The third-order valence-corrected chi connectivity index (χ3v) is 4.82. The summed E-state index contributed by atoms with van der Waals surface area (Å²) in [5.41, 5.74) is 0. The lowest BCUT2D eigenvalue weighted by Crippen LogP contribution is -2.38. The van der Waals surface area contributed by atoms with Crippen LogP contribution in [0.4, 0.5) is 0 Å². The minimum absolute atomic E-state index is 0.388. The molecule has 1 aliphatic heterocycles. The predicted molar refractivity (Wildman–Crippen MR) is 67.5 cm³/mol. The predicted octanol–water partition coefficient (Wildman–Crippen LogP) is -0.0746. The van der Waals surface area contributed by atoms with E-state index in [9.17, 15) is 13.2 Å². The summed E-state index contributed by atoms with van der Waals surface area (Å²) in [6.45, 7) is 4.08. The first-order valence-electron chi connectivity index (χ1n) is 6.08. The molecule has 1 fully saturated rings. The minimum Gasteiger partial charge on any atom is -0.355 e. The summed E-state index contributed by atoms with van der Waals surface area (Å²) >= 11 is 0. The van der Waals surface area contributed by atoms with Gasteiger partial charge in [-0.15, -0.1) is 0 Å². The van der Waals surface area contributed by atoms with Crippen LogP contribution in [0.25, 0.3) is 0 Å². The molecule has 0 aliphatic carbocycles. The zero-order valence-corrected chi connectivity index (χ0v) is 11.3. The Labute approximate surface area is 103 Å². The molecule has 2 N–H and O–H groups in total. The number of hydrogen-bond acceptors (Lipinski definition) is 4. The molecule has 0 aromatic rings.